The summed E-state index contributed by atoms with van der Waals surface area (Å²) >= 11 is 0. The lowest BCUT2D eigenvalue weighted by Crippen LogP contribution is -2.31. The molecule has 0 saturated carbocycles. The van der Waals surface area contributed by atoms with Crippen molar-refractivity contribution < 1.29 is 4.74 Å². The fraction of sp³-hybridized carbons (Fsp3) is 0.769. The van der Waals surface area contributed by atoms with E-state index in [9.17, 15) is 0 Å². The average Bonchev–Trinajstić information content (AvgIpc) is 2.35. The van der Waals surface area contributed by atoms with E-state index < -0.39 is 0 Å². The fourth-order valence-electron chi connectivity index (χ4n) is 1.77. The van der Waals surface area contributed by atoms with Gasteiger partial charge in [0.2, 0.25) is 11.9 Å². The zero-order valence-corrected chi connectivity index (χ0v) is 12.6. The summed E-state index contributed by atoms with van der Waals surface area (Å²) in [6.07, 6.45) is 3.06. The zero-order chi connectivity index (χ0) is 14.3. The molecule has 1 rings (SSSR count). The number of nitrogens with zero attached hydrogens (tertiary/aromatic N) is 3. The third kappa shape index (κ3) is 5.28. The van der Waals surface area contributed by atoms with Crippen LogP contribution in [0.4, 0.5) is 11.9 Å². The number of hydrogen-bond donors (Lipinski definition) is 2. The topological polar surface area (TPSA) is 72.0 Å². The van der Waals surface area contributed by atoms with Crippen molar-refractivity contribution in [2.24, 2.45) is 0 Å². The van der Waals surface area contributed by atoms with Crippen molar-refractivity contribution in [2.45, 2.75) is 52.5 Å². The molecule has 1 aromatic heterocycles. The molecule has 6 heteroatoms. The van der Waals surface area contributed by atoms with Crippen molar-refractivity contribution >= 4 is 11.9 Å². The summed E-state index contributed by atoms with van der Waals surface area (Å²) < 4.78 is 5.47. The van der Waals surface area contributed by atoms with Gasteiger partial charge in [-0.3, -0.25) is 0 Å². The van der Waals surface area contributed by atoms with Gasteiger partial charge in [-0.05, 0) is 26.7 Å². The predicted molar refractivity (Wildman–Crippen MR) is 77.8 cm³/mol. The zero-order valence-electron chi connectivity index (χ0n) is 12.6. The Labute approximate surface area is 115 Å². The first-order valence-electron chi connectivity index (χ1n) is 6.85. The molecule has 0 bridgehead atoms. The van der Waals surface area contributed by atoms with Crippen LogP contribution in [-0.4, -0.2) is 34.1 Å². The Hall–Kier alpha value is -1.59. The molecule has 0 unspecified atom stereocenters. The number of aromatic nitrogens is 3. The standard InChI is InChI=1S/C13H25N5O/c1-6-8-13(3,4)18-11-15-10(14-5)16-12(17-11)19-9-7-2/h6-9H2,1-5H3,(H2,14,15,16,17,18). The predicted octanol–water partition coefficient (Wildman–Crippen LogP) is 2.69. The lowest BCUT2D eigenvalue weighted by molar-refractivity contribution is 0.292. The van der Waals surface area contributed by atoms with Gasteiger partial charge in [0, 0.05) is 12.6 Å². The van der Waals surface area contributed by atoms with Crippen LogP contribution in [0, 0.1) is 0 Å². The minimum atomic E-state index is -0.0524. The van der Waals surface area contributed by atoms with Crippen molar-refractivity contribution in [1.29, 1.82) is 0 Å². The lowest BCUT2D eigenvalue weighted by Gasteiger charge is -2.25. The fourth-order valence-corrected chi connectivity index (χ4v) is 1.77. The highest BCUT2D eigenvalue weighted by molar-refractivity contribution is 5.37. The quantitative estimate of drug-likeness (QED) is 0.754. The Morgan fingerprint density at radius 3 is 2.32 bits per heavy atom. The monoisotopic (exact) mass is 267 g/mol. The van der Waals surface area contributed by atoms with Crippen molar-refractivity contribution in [1.82, 2.24) is 15.0 Å². The van der Waals surface area contributed by atoms with E-state index in [-0.39, 0.29) is 5.54 Å². The van der Waals surface area contributed by atoms with Gasteiger partial charge in [0.05, 0.1) is 6.61 Å². The van der Waals surface area contributed by atoms with Gasteiger partial charge in [0.25, 0.3) is 0 Å². The van der Waals surface area contributed by atoms with E-state index >= 15 is 0 Å². The van der Waals surface area contributed by atoms with Crippen LogP contribution in [0.3, 0.4) is 0 Å². The Kier molecular flexibility index (Phi) is 5.79. The van der Waals surface area contributed by atoms with Crippen molar-refractivity contribution in [3.8, 4) is 6.01 Å². The van der Waals surface area contributed by atoms with Crippen LogP contribution in [0.25, 0.3) is 0 Å². The van der Waals surface area contributed by atoms with E-state index in [0.717, 1.165) is 19.3 Å². The van der Waals surface area contributed by atoms with E-state index in [4.69, 9.17) is 4.74 Å². The molecule has 0 amide bonds. The van der Waals surface area contributed by atoms with Crippen LogP contribution in [0.15, 0.2) is 0 Å². The van der Waals surface area contributed by atoms with Gasteiger partial charge in [-0.1, -0.05) is 20.3 Å². The molecule has 0 saturated heterocycles. The van der Waals surface area contributed by atoms with Crippen molar-refractivity contribution in [3.05, 3.63) is 0 Å². The summed E-state index contributed by atoms with van der Waals surface area (Å²) in [7, 11) is 1.78. The molecule has 0 atom stereocenters. The molecule has 108 valence electrons. The minimum absolute atomic E-state index is 0.0524. The maximum absolute atomic E-state index is 5.47. The average molecular weight is 267 g/mol. The van der Waals surface area contributed by atoms with Gasteiger partial charge in [0.15, 0.2) is 0 Å². The molecule has 0 aliphatic carbocycles. The molecular weight excluding hydrogens is 242 g/mol. The highest BCUT2D eigenvalue weighted by atomic mass is 16.5. The second-order valence-electron chi connectivity index (χ2n) is 5.12. The molecule has 0 radical (unpaired) electrons. The molecule has 0 aromatic carbocycles. The van der Waals surface area contributed by atoms with Gasteiger partial charge in [-0.25, -0.2) is 0 Å². The summed E-state index contributed by atoms with van der Waals surface area (Å²) in [5, 5.41) is 6.25. The second kappa shape index (κ2) is 7.11. The molecule has 2 N–H and O–H groups in total. The van der Waals surface area contributed by atoms with Crippen LogP contribution in [-0.2, 0) is 0 Å². The first kappa shape index (κ1) is 15.5. The second-order valence-corrected chi connectivity index (χ2v) is 5.12. The largest absolute Gasteiger partial charge is 0.463 e. The lowest BCUT2D eigenvalue weighted by atomic mass is 9.99. The summed E-state index contributed by atoms with van der Waals surface area (Å²) in [5.41, 5.74) is -0.0524. The highest BCUT2D eigenvalue weighted by Gasteiger charge is 2.18. The summed E-state index contributed by atoms with van der Waals surface area (Å²) in [5.74, 6) is 1.06. The van der Waals surface area contributed by atoms with Gasteiger partial charge < -0.3 is 15.4 Å². The number of nitrogens with one attached hydrogen (secondary N) is 2. The van der Waals surface area contributed by atoms with Crippen LogP contribution in [0.5, 0.6) is 6.01 Å². The SMILES string of the molecule is CCCOc1nc(NC)nc(NC(C)(C)CCC)n1. The van der Waals surface area contributed by atoms with E-state index in [2.05, 4.69) is 46.4 Å². The Morgan fingerprint density at radius 2 is 1.74 bits per heavy atom. The van der Waals surface area contributed by atoms with E-state index in [1.54, 1.807) is 7.05 Å². The number of anilines is 2. The molecule has 6 nitrogen and oxygen atoms in total. The van der Waals surface area contributed by atoms with Gasteiger partial charge in [-0.15, -0.1) is 0 Å². The first-order chi connectivity index (χ1) is 9.00. The minimum Gasteiger partial charge on any atom is -0.463 e. The van der Waals surface area contributed by atoms with Crippen molar-refractivity contribution in [3.63, 3.8) is 0 Å². The maximum atomic E-state index is 5.47. The number of hydrogen-bond acceptors (Lipinski definition) is 6. The molecule has 1 heterocycles. The molecule has 19 heavy (non-hydrogen) atoms. The van der Waals surface area contributed by atoms with Gasteiger partial charge >= 0.3 is 6.01 Å². The third-order valence-electron chi connectivity index (χ3n) is 2.60. The molecule has 1 aromatic rings. The van der Waals surface area contributed by atoms with Crippen LogP contribution in [0.1, 0.15) is 47.0 Å². The molecular formula is C13H25N5O. The van der Waals surface area contributed by atoms with Crippen LogP contribution in [0.2, 0.25) is 0 Å². The van der Waals surface area contributed by atoms with Gasteiger partial charge in [0.1, 0.15) is 0 Å². The summed E-state index contributed by atoms with van der Waals surface area (Å²) in [6.45, 7) is 9.07. The summed E-state index contributed by atoms with van der Waals surface area (Å²) in [6, 6.07) is 0.357. The molecule has 0 spiro atoms. The van der Waals surface area contributed by atoms with E-state index in [0.29, 0.717) is 24.5 Å². The normalized spacial score (nSPS) is 11.2. The van der Waals surface area contributed by atoms with E-state index in [1.807, 2.05) is 6.92 Å². The molecule has 0 aliphatic rings. The number of ether oxygens (including phenoxy) is 1. The smallest absolute Gasteiger partial charge is 0.323 e. The summed E-state index contributed by atoms with van der Waals surface area (Å²) in [4.78, 5) is 12.8. The Balaban J connectivity index is 2.87. The van der Waals surface area contributed by atoms with Crippen LogP contribution < -0.4 is 15.4 Å². The Morgan fingerprint density at radius 1 is 1.05 bits per heavy atom. The molecule has 0 aliphatic heterocycles. The van der Waals surface area contributed by atoms with Gasteiger partial charge in [-0.2, -0.15) is 15.0 Å². The van der Waals surface area contributed by atoms with Crippen LogP contribution >= 0.6 is 0 Å². The highest BCUT2D eigenvalue weighted by Crippen LogP contribution is 2.19. The first-order valence-corrected chi connectivity index (χ1v) is 6.85. The molecule has 0 fully saturated rings. The Bertz CT molecular complexity index is 395. The van der Waals surface area contributed by atoms with Crippen molar-refractivity contribution in [2.75, 3.05) is 24.3 Å². The number of rotatable bonds is 8. The van der Waals surface area contributed by atoms with E-state index in [1.165, 1.54) is 0 Å². The third-order valence-corrected chi connectivity index (χ3v) is 2.60. The maximum Gasteiger partial charge on any atom is 0.323 e.